The molecular weight excluding hydrogens is 652 g/mol. The number of anilines is 1. The summed E-state index contributed by atoms with van der Waals surface area (Å²) < 4.78 is 42.9. The number of halogens is 3. The number of carboxylic acids is 1. The van der Waals surface area contributed by atoms with E-state index in [1.165, 1.54) is 47.0 Å². The highest BCUT2D eigenvalue weighted by Gasteiger charge is 2.28. The Bertz CT molecular complexity index is 2360. The second kappa shape index (κ2) is 12.5. The van der Waals surface area contributed by atoms with Crippen LogP contribution in [-0.2, 0) is 9.59 Å². The molecule has 16 heteroatoms. The van der Waals surface area contributed by atoms with Crippen molar-refractivity contribution in [2.75, 3.05) is 12.8 Å². The van der Waals surface area contributed by atoms with Gasteiger partial charge in [0.05, 0.1) is 34.1 Å². The Morgan fingerprint density at radius 3 is 2.50 bits per heavy atom. The second-order valence-electron chi connectivity index (χ2n) is 10.2. The number of benzene rings is 3. The lowest BCUT2D eigenvalue weighted by Crippen LogP contribution is -2.28. The molecule has 3 aromatic heterocycles. The largest absolute Gasteiger partial charge is 0.494 e. The fourth-order valence-electron chi connectivity index (χ4n) is 5.15. The minimum atomic E-state index is -1.36. The molecule has 0 aliphatic rings. The van der Waals surface area contributed by atoms with Crippen molar-refractivity contribution in [2.24, 2.45) is 0 Å². The van der Waals surface area contributed by atoms with Gasteiger partial charge in [-0.1, -0.05) is 29.8 Å². The first-order valence-corrected chi connectivity index (χ1v) is 14.3. The van der Waals surface area contributed by atoms with E-state index in [1.807, 2.05) is 0 Å². The van der Waals surface area contributed by atoms with Crippen molar-refractivity contribution < 1.29 is 33.0 Å². The molecule has 3 aromatic carbocycles. The summed E-state index contributed by atoms with van der Waals surface area (Å²) in [6, 6.07) is 12.6. The third kappa shape index (κ3) is 5.55. The third-order valence-corrected chi connectivity index (χ3v) is 7.60. The van der Waals surface area contributed by atoms with Gasteiger partial charge in [0, 0.05) is 29.8 Å². The average Bonchev–Trinajstić information content (AvgIpc) is 3.45. The van der Waals surface area contributed by atoms with Crippen molar-refractivity contribution in [1.29, 1.82) is 0 Å². The summed E-state index contributed by atoms with van der Waals surface area (Å²) >= 11 is 6.52. The van der Waals surface area contributed by atoms with Crippen LogP contribution in [0.4, 0.5) is 14.6 Å². The first kappa shape index (κ1) is 31.7. The molecular formula is C32H22ClF2N7O6. The van der Waals surface area contributed by atoms with E-state index in [9.17, 15) is 18.8 Å². The number of carbonyl (C=O) groups is 2. The maximum atomic E-state index is 15.4. The van der Waals surface area contributed by atoms with Crippen molar-refractivity contribution in [1.82, 2.24) is 29.3 Å². The fourth-order valence-corrected chi connectivity index (χ4v) is 5.43. The van der Waals surface area contributed by atoms with Crippen LogP contribution < -0.4 is 20.8 Å². The molecule has 0 radical (unpaired) electrons. The smallest absolute Gasteiger partial charge is 0.336 e. The minimum Gasteiger partial charge on any atom is -0.494 e. The molecule has 13 nitrogen and oxygen atoms in total. The predicted molar refractivity (Wildman–Crippen MR) is 170 cm³/mol. The first-order valence-electron chi connectivity index (χ1n) is 14.0. The molecule has 6 aromatic rings. The van der Waals surface area contributed by atoms with Crippen LogP contribution in [0.5, 0.6) is 11.5 Å². The van der Waals surface area contributed by atoms with Crippen LogP contribution in [0.1, 0.15) is 18.8 Å². The quantitative estimate of drug-likeness (QED) is 0.128. The van der Waals surface area contributed by atoms with E-state index in [0.29, 0.717) is 17.8 Å². The van der Waals surface area contributed by atoms with Gasteiger partial charge in [-0.15, -0.1) is 0 Å². The first-order chi connectivity index (χ1) is 23.0. The zero-order valence-corrected chi connectivity index (χ0v) is 25.6. The summed E-state index contributed by atoms with van der Waals surface area (Å²) in [5.74, 6) is -5.23. The SMILES string of the molecule is COc1ccc(-c2nn([C@@H](C)c3nc4cc(OC(=O)/C=C/C(=O)O)cc(Cl)c4c(=O)n3-c3ccccc3)c3ncnc(N)c23)c(F)c1F. The molecule has 0 fully saturated rings. The Hall–Kier alpha value is -6.22. The van der Waals surface area contributed by atoms with Crippen LogP contribution in [0.15, 0.2) is 77.9 Å². The van der Waals surface area contributed by atoms with Gasteiger partial charge in [-0.05, 0) is 31.2 Å². The summed E-state index contributed by atoms with van der Waals surface area (Å²) in [7, 11) is 1.20. The maximum absolute atomic E-state index is 15.4. The van der Waals surface area contributed by atoms with Gasteiger partial charge in [0.15, 0.2) is 17.2 Å². The van der Waals surface area contributed by atoms with Crippen molar-refractivity contribution in [3.63, 3.8) is 0 Å². The zero-order valence-electron chi connectivity index (χ0n) is 24.9. The number of para-hydroxylation sites is 1. The number of nitrogen functional groups attached to an aromatic ring is 1. The number of carbonyl (C=O) groups excluding carboxylic acids is 1. The molecule has 6 rings (SSSR count). The summed E-state index contributed by atoms with van der Waals surface area (Å²) in [5, 5.41) is 13.4. The summed E-state index contributed by atoms with van der Waals surface area (Å²) in [6.07, 6.45) is 2.49. The number of ether oxygens (including phenoxy) is 2. The zero-order chi connectivity index (χ0) is 34.3. The number of nitrogens with zero attached hydrogens (tertiary/aromatic N) is 6. The van der Waals surface area contributed by atoms with Crippen molar-refractivity contribution in [2.45, 2.75) is 13.0 Å². The minimum absolute atomic E-state index is 0.00860. The van der Waals surface area contributed by atoms with Crippen molar-refractivity contribution >= 4 is 51.3 Å². The van der Waals surface area contributed by atoms with E-state index in [0.717, 1.165) is 0 Å². The van der Waals surface area contributed by atoms with E-state index in [-0.39, 0.29) is 61.4 Å². The third-order valence-electron chi connectivity index (χ3n) is 7.30. The van der Waals surface area contributed by atoms with Crippen LogP contribution in [-0.4, -0.2) is 53.5 Å². The van der Waals surface area contributed by atoms with E-state index in [2.05, 4.69) is 15.1 Å². The maximum Gasteiger partial charge on any atom is 0.336 e. The predicted octanol–water partition coefficient (Wildman–Crippen LogP) is 4.87. The van der Waals surface area contributed by atoms with E-state index < -0.39 is 35.2 Å². The van der Waals surface area contributed by atoms with Crippen molar-refractivity contribution in [3.05, 3.63) is 106 Å². The number of methoxy groups -OCH3 is 1. The molecule has 0 bridgehead atoms. The topological polar surface area (TPSA) is 177 Å². The monoisotopic (exact) mass is 673 g/mol. The summed E-state index contributed by atoms with van der Waals surface area (Å²) in [6.45, 7) is 1.65. The lowest BCUT2D eigenvalue weighted by atomic mass is 10.1. The van der Waals surface area contributed by atoms with Crippen LogP contribution in [0.2, 0.25) is 5.02 Å². The lowest BCUT2D eigenvalue weighted by molar-refractivity contribution is -0.133. The van der Waals surface area contributed by atoms with E-state index in [4.69, 9.17) is 36.9 Å². The fraction of sp³-hybridized carbons (Fsp3) is 0.0938. The molecule has 0 saturated carbocycles. The highest BCUT2D eigenvalue weighted by Crippen LogP contribution is 2.37. The molecule has 3 heterocycles. The molecule has 0 spiro atoms. The molecule has 0 saturated heterocycles. The highest BCUT2D eigenvalue weighted by atomic mass is 35.5. The van der Waals surface area contributed by atoms with Gasteiger partial charge < -0.3 is 20.3 Å². The van der Waals surface area contributed by atoms with Crippen LogP contribution in [0.25, 0.3) is 38.9 Å². The number of carboxylic acid groups (broad SMARTS) is 1. The van der Waals surface area contributed by atoms with Gasteiger partial charge in [0.25, 0.3) is 5.56 Å². The molecule has 0 aliphatic heterocycles. The molecule has 1 atom stereocenters. The lowest BCUT2D eigenvalue weighted by Gasteiger charge is -2.20. The number of hydrogen-bond donors (Lipinski definition) is 2. The molecule has 48 heavy (non-hydrogen) atoms. The van der Waals surface area contributed by atoms with E-state index >= 15 is 4.39 Å². The van der Waals surface area contributed by atoms with Gasteiger partial charge in [0.2, 0.25) is 5.82 Å². The average molecular weight is 674 g/mol. The Morgan fingerprint density at radius 1 is 1.04 bits per heavy atom. The van der Waals surface area contributed by atoms with E-state index in [1.54, 1.807) is 37.3 Å². The standard InChI is InChI=1S/C32H22ClF2N7O6/c1-15(42-31-25(29(36)37-14-38-31)28(40-42)18-8-9-21(47-2)27(35)26(18)34)30-39-20-13-17(48-23(45)11-10-22(43)44)12-19(33)24(20)32(46)41(30)16-6-4-3-5-7-16/h3-15H,1-2H3,(H,43,44)(H2,36,37,38)/b11-10+/t15-/m0/s1. The Kier molecular flexibility index (Phi) is 8.28. The van der Waals surface area contributed by atoms with Crippen LogP contribution >= 0.6 is 11.6 Å². The molecule has 0 unspecified atom stereocenters. The van der Waals surface area contributed by atoms with Gasteiger partial charge in [-0.3, -0.25) is 9.36 Å². The number of fused-ring (bicyclic) bond motifs is 2. The Morgan fingerprint density at radius 2 is 1.79 bits per heavy atom. The second-order valence-corrected chi connectivity index (χ2v) is 10.6. The molecule has 0 aliphatic carbocycles. The normalized spacial score (nSPS) is 12.1. The number of nitrogens with two attached hydrogens (primary N) is 1. The summed E-state index contributed by atoms with van der Waals surface area (Å²) in [4.78, 5) is 50.3. The molecule has 242 valence electrons. The number of aromatic nitrogens is 6. The van der Waals surface area contributed by atoms with Crippen LogP contribution in [0.3, 0.4) is 0 Å². The van der Waals surface area contributed by atoms with Gasteiger partial charge >= 0.3 is 11.9 Å². The Balaban J connectivity index is 1.59. The number of rotatable bonds is 8. The van der Waals surface area contributed by atoms with Crippen LogP contribution in [0, 0.1) is 11.6 Å². The number of hydrogen-bond acceptors (Lipinski definition) is 10. The number of aliphatic carboxylic acids is 1. The molecule has 3 N–H and O–H groups in total. The molecule has 0 amide bonds. The number of esters is 1. The van der Waals surface area contributed by atoms with Gasteiger partial charge in [-0.25, -0.2) is 33.6 Å². The van der Waals surface area contributed by atoms with Gasteiger partial charge in [-0.2, -0.15) is 9.49 Å². The Labute approximate surface area is 273 Å². The summed E-state index contributed by atoms with van der Waals surface area (Å²) in [5.41, 5.74) is 5.88. The van der Waals surface area contributed by atoms with Crippen molar-refractivity contribution in [3.8, 4) is 28.4 Å². The highest BCUT2D eigenvalue weighted by molar-refractivity contribution is 6.35. The van der Waals surface area contributed by atoms with Gasteiger partial charge in [0.1, 0.15) is 35.5 Å².